The van der Waals surface area contributed by atoms with E-state index < -0.39 is 11.4 Å². The maximum absolute atomic E-state index is 13.3. The van der Waals surface area contributed by atoms with Gasteiger partial charge in [0.15, 0.2) is 0 Å². The van der Waals surface area contributed by atoms with E-state index in [2.05, 4.69) is 51.2 Å². The first-order chi connectivity index (χ1) is 14.4. The number of pyridine rings is 1. The van der Waals surface area contributed by atoms with E-state index in [1.54, 1.807) is 12.1 Å². The highest BCUT2D eigenvalue weighted by molar-refractivity contribution is 5.91. The van der Waals surface area contributed by atoms with E-state index in [-0.39, 0.29) is 17.4 Å². The molecule has 2 atom stereocenters. The zero-order valence-electron chi connectivity index (χ0n) is 19.7. The van der Waals surface area contributed by atoms with Gasteiger partial charge in [-0.2, -0.15) is 0 Å². The summed E-state index contributed by atoms with van der Waals surface area (Å²) in [5.41, 5.74) is -0.170. The van der Waals surface area contributed by atoms with Gasteiger partial charge in [0.05, 0.1) is 6.10 Å². The van der Waals surface area contributed by atoms with Crippen LogP contribution in [-0.4, -0.2) is 29.1 Å². The van der Waals surface area contributed by atoms with Crippen LogP contribution in [0.4, 0.5) is 10.2 Å². The Morgan fingerprint density at radius 2 is 2.10 bits per heavy atom. The minimum Gasteiger partial charge on any atom is -0.494 e. The number of aromatic nitrogens is 1. The van der Waals surface area contributed by atoms with Gasteiger partial charge in [0.25, 0.3) is 0 Å². The Morgan fingerprint density at radius 3 is 2.61 bits per heavy atom. The first-order valence-electron chi connectivity index (χ1n) is 10.9. The molecular formula is C25H36FN3O2. The summed E-state index contributed by atoms with van der Waals surface area (Å²) < 4.78 is 19.4. The lowest BCUT2D eigenvalue weighted by molar-refractivity contribution is -0.124. The van der Waals surface area contributed by atoms with Gasteiger partial charge < -0.3 is 15.0 Å². The summed E-state index contributed by atoms with van der Waals surface area (Å²) in [6, 6.07) is 3.36. The lowest BCUT2D eigenvalue weighted by atomic mass is 9.92. The zero-order valence-corrected chi connectivity index (χ0v) is 19.7. The largest absolute Gasteiger partial charge is 0.494 e. The molecule has 2 unspecified atom stereocenters. The van der Waals surface area contributed by atoms with Crippen molar-refractivity contribution in [3.8, 4) is 0 Å². The van der Waals surface area contributed by atoms with Crippen LogP contribution in [0.2, 0.25) is 0 Å². The molecule has 2 rings (SSSR count). The Labute approximate surface area is 186 Å². The number of ether oxygens (including phenoxy) is 1. The highest BCUT2D eigenvalue weighted by atomic mass is 19.1. The minimum atomic E-state index is -0.780. The van der Waals surface area contributed by atoms with Crippen molar-refractivity contribution in [3.05, 3.63) is 54.6 Å². The molecule has 0 spiro atoms. The number of carbonyl (C=O) groups is 1. The van der Waals surface area contributed by atoms with Crippen LogP contribution in [0.3, 0.4) is 0 Å². The van der Waals surface area contributed by atoms with Crippen LogP contribution >= 0.6 is 0 Å². The van der Waals surface area contributed by atoms with E-state index in [1.165, 1.54) is 6.20 Å². The van der Waals surface area contributed by atoms with Crippen molar-refractivity contribution in [2.45, 2.75) is 72.4 Å². The van der Waals surface area contributed by atoms with Crippen LogP contribution in [0.5, 0.6) is 0 Å². The van der Waals surface area contributed by atoms with Crippen molar-refractivity contribution in [2.75, 3.05) is 11.4 Å². The molecule has 1 amide bonds. The highest BCUT2D eigenvalue weighted by Gasteiger charge is 2.44. The molecule has 1 saturated heterocycles. The van der Waals surface area contributed by atoms with Crippen LogP contribution in [0.1, 0.15) is 66.4 Å². The molecule has 6 heteroatoms. The molecule has 31 heavy (non-hydrogen) atoms. The fourth-order valence-corrected chi connectivity index (χ4v) is 3.47. The SMILES string of the molecule is C=C(C=C(OC(C)CC)C(C)(C)C)NC(=O)C1(C)CCCN1c1ccc(C(=C)F)cn1. The van der Waals surface area contributed by atoms with Crippen LogP contribution < -0.4 is 10.2 Å². The second-order valence-electron chi connectivity index (χ2n) is 9.41. The fourth-order valence-electron chi connectivity index (χ4n) is 3.47. The lowest BCUT2D eigenvalue weighted by Gasteiger charge is -2.35. The summed E-state index contributed by atoms with van der Waals surface area (Å²) in [4.78, 5) is 19.6. The first kappa shape index (κ1) is 24.6. The standard InChI is InChI=1S/C25H36FN3O2/c1-9-18(3)31-21(24(5,6)7)15-17(2)28-23(30)25(8)13-10-14-29(25)22-12-11-20(16-27-22)19(4)26/h11-12,15-16,18H,2,4,9-10,13-14H2,1,3,5-8H3,(H,28,30). The summed E-state index contributed by atoms with van der Waals surface area (Å²) in [6.07, 6.45) is 5.76. The maximum Gasteiger partial charge on any atom is 0.249 e. The van der Waals surface area contributed by atoms with Crippen molar-refractivity contribution in [1.29, 1.82) is 0 Å². The molecule has 0 bridgehead atoms. The van der Waals surface area contributed by atoms with E-state index >= 15 is 0 Å². The topological polar surface area (TPSA) is 54.5 Å². The van der Waals surface area contributed by atoms with Gasteiger partial charge in [-0.1, -0.05) is 40.9 Å². The van der Waals surface area contributed by atoms with E-state index in [0.717, 1.165) is 18.6 Å². The lowest BCUT2D eigenvalue weighted by Crippen LogP contribution is -2.53. The molecule has 0 saturated carbocycles. The van der Waals surface area contributed by atoms with E-state index in [9.17, 15) is 9.18 Å². The number of carbonyl (C=O) groups excluding carboxylic acids is 1. The number of nitrogens with one attached hydrogen (secondary N) is 1. The van der Waals surface area contributed by atoms with Crippen LogP contribution in [-0.2, 0) is 9.53 Å². The third kappa shape index (κ3) is 5.96. The maximum atomic E-state index is 13.3. The number of hydrogen-bond acceptors (Lipinski definition) is 4. The van der Waals surface area contributed by atoms with Crippen LogP contribution in [0.25, 0.3) is 5.83 Å². The monoisotopic (exact) mass is 429 g/mol. The van der Waals surface area contributed by atoms with Gasteiger partial charge >= 0.3 is 0 Å². The third-order valence-corrected chi connectivity index (χ3v) is 5.69. The number of halogens is 1. The number of anilines is 1. The molecule has 1 aliphatic rings. The molecule has 0 aliphatic carbocycles. The van der Waals surface area contributed by atoms with E-state index in [0.29, 0.717) is 30.0 Å². The molecule has 0 aromatic carbocycles. The van der Waals surface area contributed by atoms with Gasteiger partial charge in [0.2, 0.25) is 5.91 Å². The first-order valence-corrected chi connectivity index (χ1v) is 10.9. The second-order valence-corrected chi connectivity index (χ2v) is 9.41. The van der Waals surface area contributed by atoms with Gasteiger partial charge in [-0.25, -0.2) is 9.37 Å². The minimum absolute atomic E-state index is 0.0752. The molecule has 5 nitrogen and oxygen atoms in total. The smallest absolute Gasteiger partial charge is 0.249 e. The molecular weight excluding hydrogens is 393 g/mol. The van der Waals surface area contributed by atoms with Crippen LogP contribution in [0, 0.1) is 5.41 Å². The summed E-state index contributed by atoms with van der Waals surface area (Å²) >= 11 is 0. The molecule has 0 radical (unpaired) electrons. The Kier molecular flexibility index (Phi) is 7.68. The number of allylic oxidation sites excluding steroid dienone is 2. The quantitative estimate of drug-likeness (QED) is 0.422. The predicted octanol–water partition coefficient (Wildman–Crippen LogP) is 5.76. The number of rotatable bonds is 8. The normalized spacial score (nSPS) is 20.4. The molecule has 1 N–H and O–H groups in total. The molecule has 2 heterocycles. The predicted molar refractivity (Wildman–Crippen MR) is 125 cm³/mol. The van der Waals surface area contributed by atoms with Gasteiger partial charge in [-0.3, -0.25) is 4.79 Å². The van der Waals surface area contributed by atoms with Gasteiger partial charge in [0.1, 0.15) is 22.9 Å². The fraction of sp³-hybridized carbons (Fsp3) is 0.520. The molecule has 170 valence electrons. The van der Waals surface area contributed by atoms with Crippen molar-refractivity contribution in [3.63, 3.8) is 0 Å². The highest BCUT2D eigenvalue weighted by Crippen LogP contribution is 2.34. The third-order valence-electron chi connectivity index (χ3n) is 5.69. The molecule has 1 aromatic rings. The Balaban J connectivity index is 2.19. The average Bonchev–Trinajstić information content (AvgIpc) is 3.09. The van der Waals surface area contributed by atoms with Crippen molar-refractivity contribution in [1.82, 2.24) is 10.3 Å². The summed E-state index contributed by atoms with van der Waals surface area (Å²) in [5.74, 6) is 0.739. The number of hydrogen-bond donors (Lipinski definition) is 1. The Morgan fingerprint density at radius 1 is 1.42 bits per heavy atom. The summed E-state index contributed by atoms with van der Waals surface area (Å²) in [6.45, 7) is 20.2. The van der Waals surface area contributed by atoms with Crippen molar-refractivity contribution >= 4 is 17.6 Å². The van der Waals surface area contributed by atoms with Crippen molar-refractivity contribution < 1.29 is 13.9 Å². The number of nitrogens with zero attached hydrogens (tertiary/aromatic N) is 2. The van der Waals surface area contributed by atoms with Gasteiger partial charge in [0, 0.05) is 29.4 Å². The molecule has 1 fully saturated rings. The van der Waals surface area contributed by atoms with Crippen molar-refractivity contribution in [2.24, 2.45) is 5.41 Å². The van der Waals surface area contributed by atoms with E-state index in [1.807, 2.05) is 24.8 Å². The second kappa shape index (κ2) is 9.67. The Bertz CT molecular complexity index is 855. The van der Waals surface area contributed by atoms with Crippen LogP contribution in [0.15, 0.2) is 49.0 Å². The summed E-state index contributed by atoms with van der Waals surface area (Å²) in [7, 11) is 0. The molecule has 1 aromatic heterocycles. The Hall–Kier alpha value is -2.63. The summed E-state index contributed by atoms with van der Waals surface area (Å²) in [5, 5.41) is 2.95. The molecule has 1 aliphatic heterocycles. The zero-order chi connectivity index (χ0) is 23.4. The average molecular weight is 430 g/mol. The van der Waals surface area contributed by atoms with Gasteiger partial charge in [-0.15, -0.1) is 0 Å². The van der Waals surface area contributed by atoms with E-state index in [4.69, 9.17) is 4.74 Å². The number of amides is 1. The van der Waals surface area contributed by atoms with Gasteiger partial charge in [-0.05, 0) is 51.3 Å².